The van der Waals surface area contributed by atoms with Crippen LogP contribution in [0, 0.1) is 0 Å². The van der Waals surface area contributed by atoms with E-state index < -0.39 is 11.9 Å². The number of hydrogen-bond acceptors (Lipinski definition) is 6. The predicted octanol–water partition coefficient (Wildman–Crippen LogP) is 10.5. The summed E-state index contributed by atoms with van der Waals surface area (Å²) in [5, 5.41) is 20.5. The highest BCUT2D eigenvalue weighted by molar-refractivity contribution is 6.27. The molecule has 0 radical (unpaired) electrons. The Labute approximate surface area is 275 Å². The summed E-state index contributed by atoms with van der Waals surface area (Å²) in [7, 11) is 2.70. The Bertz CT molecular complexity index is 2530. The molecule has 0 fully saturated rings. The zero-order chi connectivity index (χ0) is 32.5. The van der Waals surface area contributed by atoms with Gasteiger partial charge in [-0.15, -0.1) is 0 Å². The van der Waals surface area contributed by atoms with Gasteiger partial charge in [-0.1, -0.05) is 97.1 Å². The van der Waals surface area contributed by atoms with E-state index >= 15 is 0 Å². The molecule has 0 aromatic heterocycles. The maximum Gasteiger partial charge on any atom is 0.340 e. The monoisotopic (exact) mass is 624 g/mol. The van der Waals surface area contributed by atoms with Gasteiger partial charge in [0, 0.05) is 22.1 Å². The average molecular weight is 625 g/mol. The largest absolute Gasteiger partial charge is 0.465 e. The lowest BCUT2D eigenvalue weighted by Crippen LogP contribution is -2.12. The highest BCUT2D eigenvalue weighted by Crippen LogP contribution is 2.42. The minimum absolute atomic E-state index is 0.274. The second-order valence-electron chi connectivity index (χ2n) is 12.1. The van der Waals surface area contributed by atoms with Crippen LogP contribution in [0.25, 0.3) is 64.6 Å². The predicted molar refractivity (Wildman–Crippen MR) is 196 cm³/mol. The molecule has 9 rings (SSSR count). The number of benzene rings is 9. The van der Waals surface area contributed by atoms with Crippen LogP contribution >= 0.6 is 0 Å². The molecule has 9 aromatic rings. The fraction of sp³-hybridized carbons (Fsp3) is 0.0476. The lowest BCUT2D eigenvalue weighted by molar-refractivity contribution is 0.0588. The lowest BCUT2D eigenvalue weighted by atomic mass is 9.93. The van der Waals surface area contributed by atoms with Crippen LogP contribution in [0.3, 0.4) is 0 Å². The first-order valence-corrected chi connectivity index (χ1v) is 15.7. The van der Waals surface area contributed by atoms with Gasteiger partial charge in [0.15, 0.2) is 0 Å². The first-order valence-electron chi connectivity index (χ1n) is 15.7. The average Bonchev–Trinajstić information content (AvgIpc) is 3.13. The fourth-order valence-electron chi connectivity index (χ4n) is 7.34. The molecule has 230 valence electrons. The zero-order valence-electron chi connectivity index (χ0n) is 26.2. The number of hydrogen-bond donors (Lipinski definition) is 2. The number of anilines is 4. The van der Waals surface area contributed by atoms with Crippen molar-refractivity contribution in [2.75, 3.05) is 24.9 Å². The highest BCUT2D eigenvalue weighted by Gasteiger charge is 2.23. The molecule has 2 N–H and O–H groups in total. The molecule has 0 atom stereocenters. The van der Waals surface area contributed by atoms with Crippen molar-refractivity contribution in [1.82, 2.24) is 0 Å². The van der Waals surface area contributed by atoms with E-state index in [1.165, 1.54) is 25.0 Å². The zero-order valence-corrected chi connectivity index (χ0v) is 26.2. The molecule has 0 spiro atoms. The summed E-state index contributed by atoms with van der Waals surface area (Å²) in [4.78, 5) is 26.7. The SMILES string of the molecule is COC(=O)c1cc(Nc2ccc3ccc4cccc5ccc2c3c45)c(C(=O)OC)cc1Nc1ccc2ccc3cccc4ccc1c2c34. The second-order valence-corrected chi connectivity index (χ2v) is 12.1. The van der Waals surface area contributed by atoms with Crippen LogP contribution in [-0.2, 0) is 9.47 Å². The number of methoxy groups -OCH3 is 2. The summed E-state index contributed by atoms with van der Waals surface area (Å²) in [5.74, 6) is -1.07. The van der Waals surface area contributed by atoms with Crippen LogP contribution < -0.4 is 10.6 Å². The van der Waals surface area contributed by atoms with E-state index in [0.717, 1.165) is 65.2 Å². The Morgan fingerprint density at radius 3 is 1.12 bits per heavy atom. The maximum atomic E-state index is 13.4. The summed E-state index contributed by atoms with van der Waals surface area (Å²) >= 11 is 0. The maximum absolute atomic E-state index is 13.4. The summed E-state index contributed by atoms with van der Waals surface area (Å²) < 4.78 is 10.5. The number of rotatable bonds is 6. The summed E-state index contributed by atoms with van der Waals surface area (Å²) in [5.41, 5.74) is 3.01. The molecular weight excluding hydrogens is 596 g/mol. The number of ether oxygens (including phenoxy) is 2. The Morgan fingerprint density at radius 1 is 0.417 bits per heavy atom. The molecule has 0 saturated carbocycles. The normalized spacial score (nSPS) is 11.7. The lowest BCUT2D eigenvalue weighted by Gasteiger charge is -2.20. The van der Waals surface area contributed by atoms with Gasteiger partial charge in [-0.2, -0.15) is 0 Å². The molecule has 0 aliphatic heterocycles. The highest BCUT2D eigenvalue weighted by atomic mass is 16.5. The van der Waals surface area contributed by atoms with Gasteiger partial charge in [-0.25, -0.2) is 9.59 Å². The van der Waals surface area contributed by atoms with Gasteiger partial charge in [-0.3, -0.25) is 0 Å². The van der Waals surface area contributed by atoms with Crippen molar-refractivity contribution >= 4 is 99.3 Å². The minimum Gasteiger partial charge on any atom is -0.465 e. The smallest absolute Gasteiger partial charge is 0.340 e. The Morgan fingerprint density at radius 2 is 0.750 bits per heavy atom. The standard InChI is InChI=1S/C42H28N2O4/c1-47-41(45)31-21-36(44-34-20-16-28-12-10-24-6-4-8-26-14-18-30(34)40(28)38(24)26)32(42(46)48-2)22-35(31)43-33-19-15-27-11-9-23-5-3-7-25-13-17-29(33)39(27)37(23)25/h3-22,43-44H,1-2H3. The molecule has 0 heterocycles. The van der Waals surface area contributed by atoms with Crippen molar-refractivity contribution in [2.45, 2.75) is 0 Å². The van der Waals surface area contributed by atoms with Gasteiger partial charge >= 0.3 is 11.9 Å². The van der Waals surface area contributed by atoms with E-state index in [9.17, 15) is 9.59 Å². The Balaban J connectivity index is 1.21. The number of nitrogens with one attached hydrogen (secondary N) is 2. The van der Waals surface area contributed by atoms with E-state index in [0.29, 0.717) is 11.4 Å². The van der Waals surface area contributed by atoms with Crippen molar-refractivity contribution in [3.05, 3.63) is 132 Å². The summed E-state index contributed by atoms with van der Waals surface area (Å²) in [6.07, 6.45) is 0. The molecule has 9 aromatic carbocycles. The van der Waals surface area contributed by atoms with E-state index in [4.69, 9.17) is 9.47 Å². The van der Waals surface area contributed by atoms with E-state index in [2.05, 4.69) is 108 Å². The second kappa shape index (κ2) is 10.6. The third-order valence-electron chi connectivity index (χ3n) is 9.56. The third kappa shape index (κ3) is 4.12. The topological polar surface area (TPSA) is 76.7 Å². The van der Waals surface area contributed by atoms with Crippen LogP contribution in [0.15, 0.2) is 121 Å². The summed E-state index contributed by atoms with van der Waals surface area (Å²) in [6.45, 7) is 0. The number of esters is 2. The molecule has 0 amide bonds. The van der Waals surface area contributed by atoms with Gasteiger partial charge in [0.05, 0.1) is 36.7 Å². The third-order valence-corrected chi connectivity index (χ3v) is 9.56. The van der Waals surface area contributed by atoms with Gasteiger partial charge < -0.3 is 20.1 Å². The number of carbonyl (C=O) groups excluding carboxylic acids is 2. The van der Waals surface area contributed by atoms with Crippen molar-refractivity contribution < 1.29 is 19.1 Å². The summed E-state index contributed by atoms with van der Waals surface area (Å²) in [6, 6.07) is 41.0. The van der Waals surface area contributed by atoms with E-state index in [-0.39, 0.29) is 11.1 Å². The van der Waals surface area contributed by atoms with Crippen LogP contribution in [-0.4, -0.2) is 26.2 Å². The van der Waals surface area contributed by atoms with Gasteiger partial charge in [0.1, 0.15) is 0 Å². The first kappa shape index (κ1) is 27.9. The molecule has 48 heavy (non-hydrogen) atoms. The quantitative estimate of drug-likeness (QED) is 0.142. The van der Waals surface area contributed by atoms with Crippen molar-refractivity contribution in [2.24, 2.45) is 0 Å². The molecule has 0 bridgehead atoms. The van der Waals surface area contributed by atoms with E-state index in [1.807, 2.05) is 12.1 Å². The van der Waals surface area contributed by atoms with E-state index in [1.54, 1.807) is 12.1 Å². The van der Waals surface area contributed by atoms with Gasteiger partial charge in [-0.05, 0) is 78.1 Å². The van der Waals surface area contributed by atoms with Crippen LogP contribution in [0.4, 0.5) is 22.7 Å². The first-order chi connectivity index (χ1) is 23.5. The van der Waals surface area contributed by atoms with Crippen molar-refractivity contribution in [3.8, 4) is 0 Å². The van der Waals surface area contributed by atoms with Gasteiger partial charge in [0.25, 0.3) is 0 Å². The molecular formula is C42H28N2O4. The minimum atomic E-state index is -0.537. The van der Waals surface area contributed by atoms with Crippen LogP contribution in [0.5, 0.6) is 0 Å². The Hall–Kier alpha value is -6.40. The molecule has 0 unspecified atom stereocenters. The molecule has 0 saturated heterocycles. The number of carbonyl (C=O) groups is 2. The fourth-order valence-corrected chi connectivity index (χ4v) is 7.34. The molecule has 0 aliphatic rings. The molecule has 6 heteroatoms. The van der Waals surface area contributed by atoms with Crippen molar-refractivity contribution in [1.29, 1.82) is 0 Å². The van der Waals surface area contributed by atoms with Crippen molar-refractivity contribution in [3.63, 3.8) is 0 Å². The van der Waals surface area contributed by atoms with Crippen LogP contribution in [0.1, 0.15) is 20.7 Å². The molecule has 6 nitrogen and oxygen atoms in total. The van der Waals surface area contributed by atoms with Crippen LogP contribution in [0.2, 0.25) is 0 Å². The Kier molecular flexibility index (Phi) is 6.14. The van der Waals surface area contributed by atoms with Gasteiger partial charge in [0.2, 0.25) is 0 Å². The molecule has 0 aliphatic carbocycles.